The molecule has 0 radical (unpaired) electrons. The Balaban J connectivity index is 1.62. The maximum atomic E-state index is 14.2. The molecule has 1 N–H and O–H groups in total. The van der Waals surface area contributed by atoms with E-state index in [0.717, 1.165) is 0 Å². The van der Waals surface area contributed by atoms with Crippen LogP contribution in [0.2, 0.25) is 0 Å². The number of carbonyl (C=O) groups excluding carboxylic acids is 1. The third-order valence-electron chi connectivity index (χ3n) is 3.60. The molecule has 1 aromatic heterocycles. The highest BCUT2D eigenvalue weighted by molar-refractivity contribution is 6.01. The van der Waals surface area contributed by atoms with Crippen LogP contribution in [0.25, 0.3) is 6.08 Å². The lowest BCUT2D eigenvalue weighted by atomic mass is 10.2. The van der Waals surface area contributed by atoms with Crippen molar-refractivity contribution in [2.45, 2.75) is 0 Å². The summed E-state index contributed by atoms with van der Waals surface area (Å²) in [5.74, 6) is 0.377. The van der Waals surface area contributed by atoms with Gasteiger partial charge in [0.2, 0.25) is 5.91 Å². The normalized spacial score (nSPS) is 10.6. The van der Waals surface area contributed by atoms with E-state index in [9.17, 15) is 9.18 Å². The lowest BCUT2D eigenvalue weighted by molar-refractivity contribution is -0.111. The maximum Gasteiger partial charge on any atom is 0.248 e. The van der Waals surface area contributed by atoms with Gasteiger partial charge in [-0.15, -0.1) is 0 Å². The summed E-state index contributed by atoms with van der Waals surface area (Å²) in [6, 6.07) is 14.8. The minimum Gasteiger partial charge on any atom is -0.497 e. The molecule has 0 unspecified atom stereocenters. The number of anilines is 1. The molecule has 0 aliphatic heterocycles. The molecule has 1 heterocycles. The summed E-state index contributed by atoms with van der Waals surface area (Å²) in [6.07, 6.45) is 5.96. The van der Waals surface area contributed by atoms with Crippen molar-refractivity contribution in [3.63, 3.8) is 0 Å². The quantitative estimate of drug-likeness (QED) is 0.646. The van der Waals surface area contributed by atoms with E-state index in [2.05, 4.69) is 10.3 Å². The van der Waals surface area contributed by atoms with Gasteiger partial charge in [0, 0.05) is 18.0 Å². The molecular formula is C21H17FN2O3. The summed E-state index contributed by atoms with van der Waals surface area (Å²) in [6.45, 7) is 0. The van der Waals surface area contributed by atoms with E-state index in [-0.39, 0.29) is 11.7 Å². The molecule has 0 aliphatic carbocycles. The second-order valence-electron chi connectivity index (χ2n) is 5.53. The SMILES string of the molecule is COc1ccc(NC(=O)/C=C/c2ccc(Oc3cccnc3)c(F)c2)cc1. The predicted octanol–water partition coefficient (Wildman–Crippen LogP) is 4.67. The van der Waals surface area contributed by atoms with Crippen LogP contribution in [0.1, 0.15) is 5.56 Å². The van der Waals surface area contributed by atoms with Crippen molar-refractivity contribution in [1.82, 2.24) is 4.98 Å². The number of aromatic nitrogens is 1. The number of methoxy groups -OCH3 is 1. The van der Waals surface area contributed by atoms with Crippen LogP contribution in [0.15, 0.2) is 73.1 Å². The van der Waals surface area contributed by atoms with E-state index < -0.39 is 5.82 Å². The summed E-state index contributed by atoms with van der Waals surface area (Å²) in [5.41, 5.74) is 1.17. The third-order valence-corrected chi connectivity index (χ3v) is 3.60. The fourth-order valence-electron chi connectivity index (χ4n) is 2.27. The minimum atomic E-state index is -0.531. The molecule has 1 amide bonds. The summed E-state index contributed by atoms with van der Waals surface area (Å²) in [4.78, 5) is 15.9. The highest BCUT2D eigenvalue weighted by Gasteiger charge is 2.06. The average Bonchev–Trinajstić information content (AvgIpc) is 2.70. The van der Waals surface area contributed by atoms with Crippen LogP contribution in [0, 0.1) is 5.82 Å². The predicted molar refractivity (Wildman–Crippen MR) is 101 cm³/mol. The zero-order valence-electron chi connectivity index (χ0n) is 14.6. The first-order valence-electron chi connectivity index (χ1n) is 8.14. The maximum absolute atomic E-state index is 14.2. The van der Waals surface area contributed by atoms with Gasteiger partial charge >= 0.3 is 0 Å². The Hall–Kier alpha value is -3.67. The van der Waals surface area contributed by atoms with Gasteiger partial charge < -0.3 is 14.8 Å². The fraction of sp³-hybridized carbons (Fsp3) is 0.0476. The van der Waals surface area contributed by atoms with E-state index in [4.69, 9.17) is 9.47 Å². The van der Waals surface area contributed by atoms with Crippen molar-refractivity contribution >= 4 is 17.7 Å². The molecule has 27 heavy (non-hydrogen) atoms. The van der Waals surface area contributed by atoms with E-state index in [0.29, 0.717) is 22.7 Å². The zero-order chi connectivity index (χ0) is 19.1. The Morgan fingerprint density at radius 3 is 2.59 bits per heavy atom. The van der Waals surface area contributed by atoms with Gasteiger partial charge in [-0.05, 0) is 60.2 Å². The van der Waals surface area contributed by atoms with Crippen LogP contribution in [0.3, 0.4) is 0 Å². The second kappa shape index (κ2) is 8.62. The fourth-order valence-corrected chi connectivity index (χ4v) is 2.27. The molecule has 0 saturated carbocycles. The van der Waals surface area contributed by atoms with Gasteiger partial charge in [0.1, 0.15) is 11.5 Å². The Kier molecular flexibility index (Phi) is 5.79. The zero-order valence-corrected chi connectivity index (χ0v) is 14.6. The summed E-state index contributed by atoms with van der Waals surface area (Å²) in [7, 11) is 1.57. The standard InChI is InChI=1S/C21H17FN2O3/c1-26-17-8-6-16(7-9-17)24-21(25)11-5-15-4-10-20(19(22)13-15)27-18-3-2-12-23-14-18/h2-14H,1H3,(H,24,25)/b11-5+. The Bertz CT molecular complexity index is 941. The summed E-state index contributed by atoms with van der Waals surface area (Å²) < 4.78 is 24.7. The number of pyridine rings is 1. The van der Waals surface area contributed by atoms with Crippen molar-refractivity contribution in [3.05, 3.63) is 84.4 Å². The summed E-state index contributed by atoms with van der Waals surface area (Å²) >= 11 is 0. The molecule has 3 rings (SSSR count). The molecular weight excluding hydrogens is 347 g/mol. The molecule has 0 aliphatic rings. The van der Waals surface area contributed by atoms with E-state index in [1.807, 2.05) is 0 Å². The van der Waals surface area contributed by atoms with Gasteiger partial charge in [-0.3, -0.25) is 9.78 Å². The number of ether oxygens (including phenoxy) is 2. The van der Waals surface area contributed by atoms with Crippen LogP contribution in [-0.2, 0) is 4.79 Å². The van der Waals surface area contributed by atoms with Crippen molar-refractivity contribution < 1.29 is 18.7 Å². The number of carbonyl (C=O) groups is 1. The minimum absolute atomic E-state index is 0.0860. The van der Waals surface area contributed by atoms with Crippen LogP contribution in [0.4, 0.5) is 10.1 Å². The van der Waals surface area contributed by atoms with Crippen molar-refractivity contribution in [2.24, 2.45) is 0 Å². The first-order chi connectivity index (χ1) is 13.1. The topological polar surface area (TPSA) is 60.5 Å². The number of hydrogen-bond acceptors (Lipinski definition) is 4. The third kappa shape index (κ3) is 5.15. The Labute approximate surface area is 156 Å². The number of benzene rings is 2. The molecule has 0 bridgehead atoms. The Morgan fingerprint density at radius 1 is 1.11 bits per heavy atom. The average molecular weight is 364 g/mol. The van der Waals surface area contributed by atoms with Crippen molar-refractivity contribution in [3.8, 4) is 17.2 Å². The first kappa shape index (κ1) is 18.1. The number of rotatable bonds is 6. The molecule has 0 spiro atoms. The lowest BCUT2D eigenvalue weighted by Gasteiger charge is -2.06. The number of hydrogen-bond donors (Lipinski definition) is 1. The molecule has 0 saturated heterocycles. The van der Waals surface area contributed by atoms with Crippen LogP contribution >= 0.6 is 0 Å². The number of amides is 1. The van der Waals surface area contributed by atoms with Gasteiger partial charge in [0.15, 0.2) is 11.6 Å². The smallest absolute Gasteiger partial charge is 0.248 e. The van der Waals surface area contributed by atoms with Crippen LogP contribution < -0.4 is 14.8 Å². The highest BCUT2D eigenvalue weighted by atomic mass is 19.1. The van der Waals surface area contributed by atoms with Crippen LogP contribution in [-0.4, -0.2) is 18.0 Å². The first-order valence-corrected chi connectivity index (χ1v) is 8.14. The van der Waals surface area contributed by atoms with Gasteiger partial charge in [-0.2, -0.15) is 0 Å². The summed E-state index contributed by atoms with van der Waals surface area (Å²) in [5, 5.41) is 2.72. The largest absolute Gasteiger partial charge is 0.497 e. The lowest BCUT2D eigenvalue weighted by Crippen LogP contribution is -2.07. The Morgan fingerprint density at radius 2 is 1.93 bits per heavy atom. The molecule has 3 aromatic rings. The molecule has 2 aromatic carbocycles. The van der Waals surface area contributed by atoms with E-state index in [1.54, 1.807) is 55.8 Å². The highest BCUT2D eigenvalue weighted by Crippen LogP contribution is 2.25. The number of nitrogens with zero attached hydrogens (tertiary/aromatic N) is 1. The van der Waals surface area contributed by atoms with E-state index >= 15 is 0 Å². The monoisotopic (exact) mass is 364 g/mol. The van der Waals surface area contributed by atoms with Crippen molar-refractivity contribution in [1.29, 1.82) is 0 Å². The molecule has 5 nitrogen and oxygen atoms in total. The van der Waals surface area contributed by atoms with Gasteiger partial charge in [-0.25, -0.2) is 4.39 Å². The van der Waals surface area contributed by atoms with Crippen LogP contribution in [0.5, 0.6) is 17.2 Å². The van der Waals surface area contributed by atoms with Gasteiger partial charge in [0.25, 0.3) is 0 Å². The molecule has 0 atom stereocenters. The molecule has 6 heteroatoms. The van der Waals surface area contributed by atoms with E-state index in [1.165, 1.54) is 30.5 Å². The number of nitrogens with one attached hydrogen (secondary N) is 1. The second-order valence-corrected chi connectivity index (χ2v) is 5.53. The molecule has 0 fully saturated rings. The van der Waals surface area contributed by atoms with Gasteiger partial charge in [-0.1, -0.05) is 6.07 Å². The van der Waals surface area contributed by atoms with Crippen molar-refractivity contribution in [2.75, 3.05) is 12.4 Å². The van der Waals surface area contributed by atoms with Gasteiger partial charge in [0.05, 0.1) is 13.3 Å². The molecule has 136 valence electrons. The number of halogens is 1.